The van der Waals surface area contributed by atoms with Gasteiger partial charge in [-0.15, -0.1) is 0 Å². The van der Waals surface area contributed by atoms with Crippen LogP contribution in [0.4, 0.5) is 10.1 Å². The number of hydrogen-bond donors (Lipinski definition) is 0. The van der Waals surface area contributed by atoms with Gasteiger partial charge in [0.15, 0.2) is 4.90 Å². The van der Waals surface area contributed by atoms with Gasteiger partial charge in [0.2, 0.25) is 5.88 Å². The lowest BCUT2D eigenvalue weighted by Crippen LogP contribution is -2.44. The largest absolute Gasteiger partial charge is 0.486 e. The van der Waals surface area contributed by atoms with E-state index in [0.717, 1.165) is 30.4 Å². The van der Waals surface area contributed by atoms with Crippen molar-refractivity contribution < 1.29 is 31.8 Å². The number of ether oxygens (including phenoxy) is 3. The highest BCUT2D eigenvalue weighted by Gasteiger charge is 2.39. The molecule has 0 N–H and O–H groups in total. The summed E-state index contributed by atoms with van der Waals surface area (Å²) in [6, 6.07) is 9.65. The molecular weight excluding hydrogens is 595 g/mol. The summed E-state index contributed by atoms with van der Waals surface area (Å²) in [5.41, 5.74) is 3.43. The summed E-state index contributed by atoms with van der Waals surface area (Å²) in [7, 11) is -2.90. The number of pyridine rings is 1. The van der Waals surface area contributed by atoms with E-state index in [1.165, 1.54) is 23.5 Å². The number of allylic oxidation sites excluding steroid dienone is 1. The summed E-state index contributed by atoms with van der Waals surface area (Å²) in [6.45, 7) is 3.75. The number of benzene rings is 2. The average Bonchev–Trinajstić information content (AvgIpc) is 2.99. The third kappa shape index (κ3) is 6.35. The number of carbonyl (C=O) groups is 1. The van der Waals surface area contributed by atoms with Crippen LogP contribution in [0.3, 0.4) is 0 Å². The first kappa shape index (κ1) is 30.8. The zero-order valence-corrected chi connectivity index (χ0v) is 25.9. The number of aryl methyl sites for hydroxylation is 1. The van der Waals surface area contributed by atoms with E-state index in [1.807, 2.05) is 0 Å². The van der Waals surface area contributed by atoms with E-state index in [-0.39, 0.29) is 47.4 Å². The van der Waals surface area contributed by atoms with Gasteiger partial charge in [-0.3, -0.25) is 9.10 Å². The second-order valence-corrected chi connectivity index (χ2v) is 12.8. The molecule has 1 aliphatic carbocycles. The number of fused-ring (bicyclic) bond motifs is 2. The Balaban J connectivity index is 1.63. The van der Waals surface area contributed by atoms with E-state index >= 15 is 0 Å². The fourth-order valence-electron chi connectivity index (χ4n) is 5.64. The maximum absolute atomic E-state index is 14.7. The molecule has 11 heteroatoms. The molecule has 1 unspecified atom stereocenters. The topological polar surface area (TPSA) is 95.0 Å². The molecule has 0 radical (unpaired) electrons. The Morgan fingerprint density at radius 1 is 1.23 bits per heavy atom. The van der Waals surface area contributed by atoms with Crippen LogP contribution in [0.2, 0.25) is 5.02 Å². The van der Waals surface area contributed by atoms with Crippen molar-refractivity contribution in [3.05, 3.63) is 75.7 Å². The van der Waals surface area contributed by atoms with Gasteiger partial charge in [0.25, 0.3) is 10.0 Å². The Morgan fingerprint density at radius 2 is 2.02 bits per heavy atom. The van der Waals surface area contributed by atoms with Gasteiger partial charge in [-0.2, -0.15) is 0 Å². The molecule has 5 rings (SSSR count). The van der Waals surface area contributed by atoms with Crippen molar-refractivity contribution >= 4 is 44.9 Å². The summed E-state index contributed by atoms with van der Waals surface area (Å²) in [6.07, 6.45) is 6.34. The molecule has 2 aromatic carbocycles. The number of esters is 1. The Bertz CT molecular complexity index is 1660. The fourth-order valence-corrected chi connectivity index (χ4v) is 7.82. The summed E-state index contributed by atoms with van der Waals surface area (Å²) >= 11 is 6.29. The number of rotatable bonds is 9. The van der Waals surface area contributed by atoms with E-state index < -0.39 is 27.9 Å². The van der Waals surface area contributed by atoms with Crippen molar-refractivity contribution in [1.82, 2.24) is 4.98 Å². The summed E-state index contributed by atoms with van der Waals surface area (Å²) in [4.78, 5) is 16.4. The number of carbonyl (C=O) groups excluding carboxylic acids is 1. The molecule has 1 aliphatic heterocycles. The highest BCUT2D eigenvalue weighted by atomic mass is 35.5. The lowest BCUT2D eigenvalue weighted by atomic mass is 9.93. The SMILES string of the molecule is CCOc1ncc2c(c1S(=O)(=O)N1CC(CCC(=O)OC)Oc3ccc(C=C(C)c4c(F)cccc4Cl)cc31)CCCC2. The third-order valence-electron chi connectivity index (χ3n) is 7.70. The minimum atomic E-state index is -4.21. The van der Waals surface area contributed by atoms with Crippen molar-refractivity contribution in [1.29, 1.82) is 0 Å². The van der Waals surface area contributed by atoms with Crippen LogP contribution in [0.15, 0.2) is 47.5 Å². The molecule has 0 saturated carbocycles. The van der Waals surface area contributed by atoms with Crippen LogP contribution in [0, 0.1) is 5.82 Å². The van der Waals surface area contributed by atoms with E-state index in [9.17, 15) is 17.6 Å². The zero-order chi connectivity index (χ0) is 30.7. The number of nitrogens with zero attached hydrogens (tertiary/aromatic N) is 2. The van der Waals surface area contributed by atoms with Gasteiger partial charge >= 0.3 is 5.97 Å². The van der Waals surface area contributed by atoms with Crippen molar-refractivity contribution in [2.45, 2.75) is 63.4 Å². The predicted molar refractivity (Wildman–Crippen MR) is 164 cm³/mol. The van der Waals surface area contributed by atoms with Crippen LogP contribution >= 0.6 is 11.6 Å². The molecule has 1 aromatic heterocycles. The van der Waals surface area contributed by atoms with Crippen LogP contribution in [-0.4, -0.2) is 45.7 Å². The van der Waals surface area contributed by atoms with E-state index in [2.05, 4.69) is 4.98 Å². The highest BCUT2D eigenvalue weighted by molar-refractivity contribution is 7.93. The molecule has 0 amide bonds. The summed E-state index contributed by atoms with van der Waals surface area (Å²) in [5.74, 6) is -0.445. The maximum Gasteiger partial charge on any atom is 0.305 e. The number of anilines is 1. The first-order valence-corrected chi connectivity index (χ1v) is 16.1. The Labute approximate surface area is 256 Å². The molecule has 228 valence electrons. The first-order valence-electron chi connectivity index (χ1n) is 14.3. The van der Waals surface area contributed by atoms with Crippen LogP contribution in [-0.2, 0) is 32.4 Å². The normalized spacial score (nSPS) is 16.6. The van der Waals surface area contributed by atoms with Gasteiger partial charge in [0.1, 0.15) is 17.7 Å². The van der Waals surface area contributed by atoms with Gasteiger partial charge < -0.3 is 14.2 Å². The molecule has 0 bridgehead atoms. The second kappa shape index (κ2) is 12.9. The second-order valence-electron chi connectivity index (χ2n) is 10.6. The smallest absolute Gasteiger partial charge is 0.305 e. The molecule has 0 spiro atoms. The Morgan fingerprint density at radius 3 is 2.77 bits per heavy atom. The summed E-state index contributed by atoms with van der Waals surface area (Å²) in [5, 5.41) is 0.275. The molecule has 43 heavy (non-hydrogen) atoms. The molecule has 2 aliphatic rings. The molecule has 8 nitrogen and oxygen atoms in total. The third-order valence-corrected chi connectivity index (χ3v) is 9.88. The molecule has 2 heterocycles. The number of hydrogen-bond acceptors (Lipinski definition) is 7. The monoisotopic (exact) mass is 628 g/mol. The van der Waals surface area contributed by atoms with E-state index in [0.29, 0.717) is 29.0 Å². The van der Waals surface area contributed by atoms with Crippen LogP contribution in [0.5, 0.6) is 11.6 Å². The molecule has 0 fully saturated rings. The highest BCUT2D eigenvalue weighted by Crippen LogP contribution is 2.43. The Kier molecular flexibility index (Phi) is 9.27. The maximum atomic E-state index is 14.7. The minimum Gasteiger partial charge on any atom is -0.486 e. The van der Waals surface area contributed by atoms with Crippen LogP contribution in [0.25, 0.3) is 11.6 Å². The standard InChI is InChI=1S/C32H34ClFN2O6S/c1-4-41-32-31(24-9-6-5-8-22(24)18-35-32)43(38,39)36-19-23(13-15-29(37)40-3)42-28-14-12-21(17-27(28)36)16-20(2)30-25(33)10-7-11-26(30)34/h7,10-12,14,16-18,23H,4-6,8-9,13,15,19H2,1-3H3. The number of sulfonamides is 1. The van der Waals surface area contributed by atoms with Crippen molar-refractivity contribution in [2.75, 3.05) is 24.6 Å². The quantitative estimate of drug-likeness (QED) is 0.194. The van der Waals surface area contributed by atoms with Gasteiger partial charge in [-0.05, 0) is 92.5 Å². The van der Waals surface area contributed by atoms with Crippen molar-refractivity contribution in [3.63, 3.8) is 0 Å². The van der Waals surface area contributed by atoms with Crippen LogP contribution < -0.4 is 13.8 Å². The van der Waals surface area contributed by atoms with Gasteiger partial charge in [-0.25, -0.2) is 17.8 Å². The minimum absolute atomic E-state index is 0.0349. The molecular formula is C32H34ClFN2O6S. The average molecular weight is 629 g/mol. The first-order chi connectivity index (χ1) is 20.6. The fraction of sp³-hybridized carbons (Fsp3) is 0.375. The van der Waals surface area contributed by atoms with E-state index in [1.54, 1.807) is 50.4 Å². The van der Waals surface area contributed by atoms with Crippen molar-refractivity contribution in [3.8, 4) is 11.6 Å². The van der Waals surface area contributed by atoms with Gasteiger partial charge in [-0.1, -0.05) is 29.8 Å². The number of aromatic nitrogens is 1. The predicted octanol–water partition coefficient (Wildman–Crippen LogP) is 6.62. The molecule has 3 aromatic rings. The van der Waals surface area contributed by atoms with Crippen LogP contribution in [0.1, 0.15) is 61.8 Å². The lowest BCUT2D eigenvalue weighted by molar-refractivity contribution is -0.141. The molecule has 1 atom stereocenters. The zero-order valence-electron chi connectivity index (χ0n) is 24.4. The van der Waals surface area contributed by atoms with E-state index in [4.69, 9.17) is 25.8 Å². The van der Waals surface area contributed by atoms with Gasteiger partial charge in [0, 0.05) is 18.2 Å². The van der Waals surface area contributed by atoms with Crippen molar-refractivity contribution in [2.24, 2.45) is 0 Å². The lowest BCUT2D eigenvalue weighted by Gasteiger charge is -2.36. The van der Waals surface area contributed by atoms with Gasteiger partial charge in [0.05, 0.1) is 31.0 Å². The number of halogens is 2. The number of methoxy groups -OCH3 is 1. The Hall–Kier alpha value is -3.63. The summed E-state index contributed by atoms with van der Waals surface area (Å²) < 4.78 is 62.1. The molecule has 0 saturated heterocycles.